The van der Waals surface area contributed by atoms with Crippen LogP contribution >= 0.6 is 12.4 Å². The number of aromatic nitrogens is 2. The summed E-state index contributed by atoms with van der Waals surface area (Å²) in [6.45, 7) is 4.12. The van der Waals surface area contributed by atoms with Gasteiger partial charge in [-0.3, -0.25) is 0 Å². The number of anilines is 1. The van der Waals surface area contributed by atoms with E-state index in [0.29, 0.717) is 6.04 Å². The molecule has 0 saturated carbocycles. The SMILES string of the molecule is Cc1ccnc(N[C@@H]2CCCNC2)n1.Cl. The van der Waals surface area contributed by atoms with Crippen molar-refractivity contribution in [2.75, 3.05) is 18.4 Å². The van der Waals surface area contributed by atoms with Gasteiger partial charge >= 0.3 is 0 Å². The highest BCUT2D eigenvalue weighted by molar-refractivity contribution is 5.85. The minimum atomic E-state index is 0. The topological polar surface area (TPSA) is 49.8 Å². The molecule has 2 rings (SSSR count). The van der Waals surface area contributed by atoms with Gasteiger partial charge in [0.15, 0.2) is 0 Å². The second-order valence-electron chi connectivity index (χ2n) is 3.71. The van der Waals surface area contributed by atoms with Gasteiger partial charge in [-0.05, 0) is 32.4 Å². The Bertz CT molecular complexity index is 299. The lowest BCUT2D eigenvalue weighted by atomic mass is 10.1. The summed E-state index contributed by atoms with van der Waals surface area (Å²) < 4.78 is 0. The Morgan fingerprint density at radius 2 is 2.40 bits per heavy atom. The number of nitrogens with one attached hydrogen (secondary N) is 2. The van der Waals surface area contributed by atoms with Crippen molar-refractivity contribution in [3.05, 3.63) is 18.0 Å². The lowest BCUT2D eigenvalue weighted by Gasteiger charge is -2.23. The van der Waals surface area contributed by atoms with E-state index in [1.165, 1.54) is 12.8 Å². The minimum absolute atomic E-state index is 0. The van der Waals surface area contributed by atoms with Gasteiger partial charge < -0.3 is 10.6 Å². The number of hydrogen-bond donors (Lipinski definition) is 2. The first-order valence-electron chi connectivity index (χ1n) is 5.11. The molecule has 1 aromatic heterocycles. The summed E-state index contributed by atoms with van der Waals surface area (Å²) in [5, 5.41) is 6.69. The Balaban J connectivity index is 0.00000112. The average Bonchev–Trinajstić information content (AvgIpc) is 2.19. The number of aryl methyl sites for hydroxylation is 1. The molecule has 84 valence electrons. The van der Waals surface area contributed by atoms with E-state index in [0.717, 1.165) is 24.7 Å². The summed E-state index contributed by atoms with van der Waals surface area (Å²) in [5.41, 5.74) is 1.01. The molecular formula is C10H17ClN4. The van der Waals surface area contributed by atoms with Crippen molar-refractivity contribution >= 4 is 18.4 Å². The first kappa shape index (κ1) is 12.2. The lowest BCUT2D eigenvalue weighted by Crippen LogP contribution is -2.38. The highest BCUT2D eigenvalue weighted by atomic mass is 35.5. The molecule has 0 radical (unpaired) electrons. The number of rotatable bonds is 2. The van der Waals surface area contributed by atoms with E-state index in [1.54, 1.807) is 6.20 Å². The molecule has 0 bridgehead atoms. The predicted octanol–water partition coefficient (Wildman–Crippen LogP) is 1.37. The van der Waals surface area contributed by atoms with Gasteiger partial charge in [0.2, 0.25) is 5.95 Å². The summed E-state index contributed by atoms with van der Waals surface area (Å²) in [5.74, 6) is 0.749. The Hall–Kier alpha value is -0.870. The zero-order valence-electron chi connectivity index (χ0n) is 8.86. The fourth-order valence-electron chi connectivity index (χ4n) is 1.68. The van der Waals surface area contributed by atoms with Gasteiger partial charge in [0, 0.05) is 24.5 Å². The fourth-order valence-corrected chi connectivity index (χ4v) is 1.68. The van der Waals surface area contributed by atoms with E-state index in [2.05, 4.69) is 20.6 Å². The first-order chi connectivity index (χ1) is 6.84. The standard InChI is InChI=1S/C10H16N4.ClH/c1-8-4-6-12-10(13-8)14-9-3-2-5-11-7-9;/h4,6,9,11H,2-3,5,7H2,1H3,(H,12,13,14);1H/t9-;/m1./s1. The van der Waals surface area contributed by atoms with Crippen molar-refractivity contribution in [2.45, 2.75) is 25.8 Å². The van der Waals surface area contributed by atoms with Crippen LogP contribution in [0.25, 0.3) is 0 Å². The third kappa shape index (κ3) is 3.64. The molecule has 2 heterocycles. The summed E-state index contributed by atoms with van der Waals surface area (Å²) in [6, 6.07) is 2.38. The maximum atomic E-state index is 4.32. The summed E-state index contributed by atoms with van der Waals surface area (Å²) in [6.07, 6.45) is 4.22. The molecule has 0 amide bonds. The van der Waals surface area contributed by atoms with Gasteiger partial charge in [0.05, 0.1) is 0 Å². The zero-order chi connectivity index (χ0) is 9.80. The molecule has 1 atom stereocenters. The summed E-state index contributed by atoms with van der Waals surface area (Å²) >= 11 is 0. The molecule has 0 aromatic carbocycles. The second-order valence-corrected chi connectivity index (χ2v) is 3.71. The smallest absolute Gasteiger partial charge is 0.223 e. The molecule has 1 aliphatic rings. The Labute approximate surface area is 96.3 Å². The largest absolute Gasteiger partial charge is 0.350 e. The number of hydrogen-bond acceptors (Lipinski definition) is 4. The third-order valence-electron chi connectivity index (χ3n) is 2.42. The van der Waals surface area contributed by atoms with Crippen LogP contribution < -0.4 is 10.6 Å². The highest BCUT2D eigenvalue weighted by Crippen LogP contribution is 2.07. The van der Waals surface area contributed by atoms with Crippen molar-refractivity contribution in [2.24, 2.45) is 0 Å². The van der Waals surface area contributed by atoms with E-state index >= 15 is 0 Å². The van der Waals surface area contributed by atoms with Crippen molar-refractivity contribution in [1.29, 1.82) is 0 Å². The van der Waals surface area contributed by atoms with Crippen LogP contribution in [0.5, 0.6) is 0 Å². The second kappa shape index (κ2) is 5.88. The molecule has 15 heavy (non-hydrogen) atoms. The van der Waals surface area contributed by atoms with Crippen LogP contribution in [-0.4, -0.2) is 29.1 Å². The molecule has 1 aromatic rings. The molecule has 5 heteroatoms. The van der Waals surface area contributed by atoms with Gasteiger partial charge in [0.25, 0.3) is 0 Å². The summed E-state index contributed by atoms with van der Waals surface area (Å²) in [7, 11) is 0. The van der Waals surface area contributed by atoms with Gasteiger partial charge in [-0.1, -0.05) is 0 Å². The van der Waals surface area contributed by atoms with Crippen molar-refractivity contribution in [3.8, 4) is 0 Å². The van der Waals surface area contributed by atoms with Crippen LogP contribution in [-0.2, 0) is 0 Å². The van der Waals surface area contributed by atoms with E-state index in [4.69, 9.17) is 0 Å². The van der Waals surface area contributed by atoms with Gasteiger partial charge in [0.1, 0.15) is 0 Å². The molecule has 1 aliphatic heterocycles. The predicted molar refractivity (Wildman–Crippen MR) is 63.5 cm³/mol. The van der Waals surface area contributed by atoms with Crippen molar-refractivity contribution < 1.29 is 0 Å². The Morgan fingerprint density at radius 3 is 3.07 bits per heavy atom. The van der Waals surface area contributed by atoms with Gasteiger partial charge in [-0.25, -0.2) is 9.97 Å². The number of nitrogens with zero attached hydrogens (tertiary/aromatic N) is 2. The zero-order valence-corrected chi connectivity index (χ0v) is 9.68. The Kier molecular flexibility index (Phi) is 4.78. The molecule has 0 unspecified atom stereocenters. The molecule has 0 aliphatic carbocycles. The molecule has 0 spiro atoms. The van der Waals surface area contributed by atoms with Crippen LogP contribution in [0.2, 0.25) is 0 Å². The monoisotopic (exact) mass is 228 g/mol. The highest BCUT2D eigenvalue weighted by Gasteiger charge is 2.12. The van der Waals surface area contributed by atoms with E-state index in [-0.39, 0.29) is 12.4 Å². The fraction of sp³-hybridized carbons (Fsp3) is 0.600. The molecule has 4 nitrogen and oxygen atoms in total. The maximum absolute atomic E-state index is 4.32. The van der Waals surface area contributed by atoms with E-state index < -0.39 is 0 Å². The van der Waals surface area contributed by atoms with Crippen LogP contribution in [0.3, 0.4) is 0 Å². The number of halogens is 1. The minimum Gasteiger partial charge on any atom is -0.350 e. The third-order valence-corrected chi connectivity index (χ3v) is 2.42. The number of piperidine rings is 1. The van der Waals surface area contributed by atoms with E-state index in [1.807, 2.05) is 13.0 Å². The molecular weight excluding hydrogens is 212 g/mol. The molecule has 1 fully saturated rings. The van der Waals surface area contributed by atoms with Crippen LogP contribution in [0, 0.1) is 6.92 Å². The summed E-state index contributed by atoms with van der Waals surface area (Å²) in [4.78, 5) is 8.50. The van der Waals surface area contributed by atoms with Crippen LogP contribution in [0.4, 0.5) is 5.95 Å². The Morgan fingerprint density at radius 1 is 1.53 bits per heavy atom. The lowest BCUT2D eigenvalue weighted by molar-refractivity contribution is 0.478. The maximum Gasteiger partial charge on any atom is 0.223 e. The van der Waals surface area contributed by atoms with Crippen molar-refractivity contribution in [3.63, 3.8) is 0 Å². The molecule has 1 saturated heterocycles. The van der Waals surface area contributed by atoms with E-state index in [9.17, 15) is 0 Å². The quantitative estimate of drug-likeness (QED) is 0.803. The molecule has 2 N–H and O–H groups in total. The van der Waals surface area contributed by atoms with Gasteiger partial charge in [-0.15, -0.1) is 12.4 Å². The van der Waals surface area contributed by atoms with Crippen LogP contribution in [0.15, 0.2) is 12.3 Å². The average molecular weight is 229 g/mol. The van der Waals surface area contributed by atoms with Crippen molar-refractivity contribution in [1.82, 2.24) is 15.3 Å². The first-order valence-corrected chi connectivity index (χ1v) is 5.11. The normalized spacial score (nSPS) is 20.5. The van der Waals surface area contributed by atoms with Crippen LogP contribution in [0.1, 0.15) is 18.5 Å². The van der Waals surface area contributed by atoms with Gasteiger partial charge in [-0.2, -0.15) is 0 Å².